The zero-order chi connectivity index (χ0) is 13.9. The van der Waals surface area contributed by atoms with Gasteiger partial charge in [0.15, 0.2) is 5.58 Å². The third kappa shape index (κ3) is 1.40. The van der Waals surface area contributed by atoms with Crippen molar-refractivity contribution in [1.29, 1.82) is 0 Å². The van der Waals surface area contributed by atoms with Crippen LogP contribution in [0, 0.1) is 6.92 Å². The Morgan fingerprint density at radius 2 is 2.05 bits per heavy atom. The monoisotopic (exact) mass is 268 g/mol. The van der Waals surface area contributed by atoms with Gasteiger partial charge in [-0.05, 0) is 19.1 Å². The second-order valence-corrected chi connectivity index (χ2v) is 5.29. The fourth-order valence-electron chi connectivity index (χ4n) is 2.71. The molecule has 2 aromatic heterocycles. The predicted molar refractivity (Wildman–Crippen MR) is 79.5 cm³/mol. The number of benzene rings is 1. The minimum absolute atomic E-state index is 0.835. The van der Waals surface area contributed by atoms with Gasteiger partial charge in [-0.2, -0.15) is 0 Å². The second-order valence-electron chi connectivity index (χ2n) is 5.29. The molecule has 0 spiro atoms. The molecule has 0 N–H and O–H groups in total. The highest BCUT2D eigenvalue weighted by atomic mass is 16.3. The zero-order valence-electron chi connectivity index (χ0n) is 11.8. The number of fused-ring (bicyclic) bond motifs is 3. The normalized spacial score (nSPS) is 15.2. The van der Waals surface area contributed by atoms with Gasteiger partial charge in [0.25, 0.3) is 0 Å². The number of hydrogen-bond donors (Lipinski definition) is 0. The van der Waals surface area contributed by atoms with E-state index in [0.29, 0.717) is 0 Å². The van der Waals surface area contributed by atoms with E-state index in [2.05, 4.69) is 52.4 Å². The first kappa shape index (κ1) is 11.4. The maximum Gasteiger partial charge on any atom is 0.228 e. The molecule has 0 bridgehead atoms. The number of aryl methyl sites for hydroxylation is 2. The Morgan fingerprint density at radius 1 is 1.20 bits per heavy atom. The van der Waals surface area contributed by atoms with Crippen LogP contribution in [0.25, 0.3) is 22.2 Å². The van der Waals surface area contributed by atoms with Gasteiger partial charge in [0.1, 0.15) is 11.3 Å². The largest absolute Gasteiger partial charge is 0.436 e. The molecule has 1 aliphatic heterocycles. The highest BCUT2D eigenvalue weighted by Crippen LogP contribution is 2.35. The Kier molecular flexibility index (Phi) is 2.16. The summed E-state index contributed by atoms with van der Waals surface area (Å²) in [7, 11) is 4.04. The van der Waals surface area contributed by atoms with Crippen LogP contribution in [0.1, 0.15) is 5.82 Å². The number of rotatable bonds is 1. The number of para-hydroxylation sites is 1. The molecule has 0 radical (unpaired) electrons. The first-order valence-electron chi connectivity index (χ1n) is 6.65. The van der Waals surface area contributed by atoms with E-state index in [0.717, 1.165) is 40.4 Å². The fraction of sp³-hybridized carbons (Fsp3) is 0.267. The van der Waals surface area contributed by atoms with Gasteiger partial charge in [0, 0.05) is 26.5 Å². The summed E-state index contributed by atoms with van der Waals surface area (Å²) < 4.78 is 8.08. The molecule has 3 heterocycles. The third-order valence-electron chi connectivity index (χ3n) is 3.90. The summed E-state index contributed by atoms with van der Waals surface area (Å²) in [6.07, 6.45) is 4.13. The Bertz CT molecular complexity index is 842. The van der Waals surface area contributed by atoms with Crippen molar-refractivity contribution >= 4 is 27.9 Å². The van der Waals surface area contributed by atoms with Crippen LogP contribution >= 0.6 is 0 Å². The maximum atomic E-state index is 6.09. The number of nitrogens with zero attached hydrogens (tertiary/aromatic N) is 4. The fourth-order valence-corrected chi connectivity index (χ4v) is 2.71. The molecule has 1 aliphatic rings. The second kappa shape index (κ2) is 3.79. The summed E-state index contributed by atoms with van der Waals surface area (Å²) in [6, 6.07) is 6.21. The lowest BCUT2D eigenvalue weighted by molar-refractivity contribution is 0.495. The molecule has 3 aromatic rings. The predicted octanol–water partition coefficient (Wildman–Crippen LogP) is 2.81. The van der Waals surface area contributed by atoms with Gasteiger partial charge in [-0.1, -0.05) is 6.07 Å². The Balaban J connectivity index is 1.99. The molecule has 102 valence electrons. The molecule has 0 atom stereocenters. The van der Waals surface area contributed by atoms with Crippen LogP contribution in [0.3, 0.4) is 0 Å². The van der Waals surface area contributed by atoms with Crippen molar-refractivity contribution < 1.29 is 4.42 Å². The first-order chi connectivity index (χ1) is 9.65. The van der Waals surface area contributed by atoms with E-state index in [-0.39, 0.29) is 0 Å². The topological polar surface area (TPSA) is 37.4 Å². The van der Waals surface area contributed by atoms with E-state index < -0.39 is 0 Å². The van der Waals surface area contributed by atoms with E-state index in [1.54, 1.807) is 0 Å². The highest BCUT2D eigenvalue weighted by molar-refractivity contribution is 6.06. The standard InChI is InChI=1S/C15H16N4O/c1-10-16-13-11-5-4-6-12(19-8-7-17(2)9-19)14(11)20-15(13)18(10)3/h4-8H,9H2,1-3H3. The Morgan fingerprint density at radius 3 is 2.80 bits per heavy atom. The van der Waals surface area contributed by atoms with Gasteiger partial charge < -0.3 is 18.8 Å². The Hall–Kier alpha value is -2.43. The minimum atomic E-state index is 0.835. The van der Waals surface area contributed by atoms with Crippen molar-refractivity contribution in [2.45, 2.75) is 6.92 Å². The highest BCUT2D eigenvalue weighted by Gasteiger charge is 2.20. The van der Waals surface area contributed by atoms with Gasteiger partial charge >= 0.3 is 0 Å². The SMILES string of the molecule is Cc1nc2c3cccc(N4C=CN(C)C4)c3oc2n1C. The Labute approximate surface area is 116 Å². The number of anilines is 1. The van der Waals surface area contributed by atoms with Crippen LogP contribution in [-0.2, 0) is 7.05 Å². The number of imidazole rings is 1. The lowest BCUT2D eigenvalue weighted by atomic mass is 10.2. The van der Waals surface area contributed by atoms with Gasteiger partial charge in [0.05, 0.1) is 17.7 Å². The molecule has 0 saturated carbocycles. The molecule has 0 fully saturated rings. The van der Waals surface area contributed by atoms with E-state index in [4.69, 9.17) is 4.42 Å². The van der Waals surface area contributed by atoms with Crippen molar-refractivity contribution in [3.8, 4) is 0 Å². The van der Waals surface area contributed by atoms with Crippen LogP contribution in [0.2, 0.25) is 0 Å². The summed E-state index contributed by atoms with van der Waals surface area (Å²) in [5.74, 6) is 0.965. The van der Waals surface area contributed by atoms with Gasteiger partial charge in [-0.25, -0.2) is 4.98 Å². The summed E-state index contributed by atoms with van der Waals surface area (Å²) in [5, 5.41) is 1.07. The molecular weight excluding hydrogens is 252 g/mol. The molecule has 0 unspecified atom stereocenters. The molecule has 0 aliphatic carbocycles. The molecule has 0 amide bonds. The molecule has 4 rings (SSSR count). The van der Waals surface area contributed by atoms with Crippen molar-refractivity contribution in [3.63, 3.8) is 0 Å². The van der Waals surface area contributed by atoms with Crippen LogP contribution < -0.4 is 4.90 Å². The van der Waals surface area contributed by atoms with E-state index >= 15 is 0 Å². The van der Waals surface area contributed by atoms with E-state index in [1.807, 2.05) is 18.5 Å². The number of aromatic nitrogens is 2. The summed E-state index contributed by atoms with van der Waals surface area (Å²) in [4.78, 5) is 8.91. The van der Waals surface area contributed by atoms with E-state index in [1.165, 1.54) is 0 Å². The quantitative estimate of drug-likeness (QED) is 0.680. The molecule has 1 aromatic carbocycles. The molecular formula is C15H16N4O. The van der Waals surface area contributed by atoms with Crippen LogP contribution in [0.4, 0.5) is 5.69 Å². The summed E-state index contributed by atoms with van der Waals surface area (Å²) in [5.41, 5.74) is 3.76. The molecule has 5 nitrogen and oxygen atoms in total. The van der Waals surface area contributed by atoms with Crippen LogP contribution in [0.15, 0.2) is 35.0 Å². The lowest BCUT2D eigenvalue weighted by Gasteiger charge is -2.18. The molecule has 20 heavy (non-hydrogen) atoms. The molecule has 5 heteroatoms. The van der Waals surface area contributed by atoms with Crippen molar-refractivity contribution in [3.05, 3.63) is 36.4 Å². The smallest absolute Gasteiger partial charge is 0.228 e. The maximum absolute atomic E-state index is 6.09. The van der Waals surface area contributed by atoms with E-state index in [9.17, 15) is 0 Å². The van der Waals surface area contributed by atoms with Crippen molar-refractivity contribution in [1.82, 2.24) is 14.5 Å². The number of furan rings is 1. The lowest BCUT2D eigenvalue weighted by Crippen LogP contribution is -2.21. The van der Waals surface area contributed by atoms with Crippen LogP contribution in [0.5, 0.6) is 0 Å². The van der Waals surface area contributed by atoms with Crippen LogP contribution in [-0.4, -0.2) is 28.2 Å². The van der Waals surface area contributed by atoms with Crippen molar-refractivity contribution in [2.24, 2.45) is 7.05 Å². The third-order valence-corrected chi connectivity index (χ3v) is 3.90. The zero-order valence-corrected chi connectivity index (χ0v) is 11.8. The molecule has 0 saturated heterocycles. The van der Waals surface area contributed by atoms with Crippen molar-refractivity contribution in [2.75, 3.05) is 18.6 Å². The van der Waals surface area contributed by atoms with Gasteiger partial charge in [-0.3, -0.25) is 0 Å². The van der Waals surface area contributed by atoms with Gasteiger partial charge in [0.2, 0.25) is 5.71 Å². The summed E-state index contributed by atoms with van der Waals surface area (Å²) in [6.45, 7) is 2.83. The van der Waals surface area contributed by atoms with Gasteiger partial charge in [-0.15, -0.1) is 0 Å². The average molecular weight is 268 g/mol. The number of hydrogen-bond acceptors (Lipinski definition) is 4. The summed E-state index contributed by atoms with van der Waals surface area (Å²) >= 11 is 0. The first-order valence-corrected chi connectivity index (χ1v) is 6.65. The average Bonchev–Trinajstić information content (AvgIpc) is 3.08. The minimum Gasteiger partial charge on any atom is -0.436 e.